The van der Waals surface area contributed by atoms with E-state index in [2.05, 4.69) is 4.98 Å². The number of nitrogens with zero attached hydrogens (tertiary/aromatic N) is 2. The van der Waals surface area contributed by atoms with Crippen molar-refractivity contribution in [1.29, 1.82) is 0 Å². The van der Waals surface area contributed by atoms with Crippen molar-refractivity contribution in [2.24, 2.45) is 17.8 Å². The molecule has 0 bridgehead atoms. The second kappa shape index (κ2) is 11.5. The van der Waals surface area contributed by atoms with Gasteiger partial charge >= 0.3 is 0 Å². The maximum Gasteiger partial charge on any atom is 0.225 e. The fraction of sp³-hybridized carbons (Fsp3) is 0.538. The van der Waals surface area contributed by atoms with Gasteiger partial charge in [-0.25, -0.2) is 4.98 Å². The molecule has 3 atom stereocenters. The molecule has 1 aromatic heterocycles. The van der Waals surface area contributed by atoms with Gasteiger partial charge in [0.2, 0.25) is 11.8 Å². The largest absolute Gasteiger partial charge is 0.474 e. The van der Waals surface area contributed by atoms with Gasteiger partial charge in [-0.15, -0.1) is 0 Å². The molecule has 3 unspecified atom stereocenters. The third-order valence-electron chi connectivity index (χ3n) is 7.26. The minimum absolute atomic E-state index is 0.0791. The fourth-order valence-corrected chi connectivity index (χ4v) is 5.78. The summed E-state index contributed by atoms with van der Waals surface area (Å²) in [4.78, 5) is 19.8. The molecule has 8 heteroatoms. The number of amides is 1. The molecule has 1 amide bonds. The van der Waals surface area contributed by atoms with Gasteiger partial charge in [-0.3, -0.25) is 4.79 Å². The minimum Gasteiger partial charge on any atom is -0.474 e. The second-order valence-electron chi connectivity index (χ2n) is 9.50. The first-order valence-corrected chi connectivity index (χ1v) is 13.0. The Balaban J connectivity index is 1.51. The quantitative estimate of drug-likeness (QED) is 0.414. The van der Waals surface area contributed by atoms with E-state index in [9.17, 15) is 4.79 Å². The van der Waals surface area contributed by atoms with Crippen molar-refractivity contribution >= 4 is 40.7 Å². The summed E-state index contributed by atoms with van der Waals surface area (Å²) < 4.78 is 11.5. The zero-order valence-corrected chi connectivity index (χ0v) is 21.8. The Morgan fingerprint density at radius 1 is 1.09 bits per heavy atom. The highest BCUT2D eigenvalue weighted by Crippen LogP contribution is 2.40. The van der Waals surface area contributed by atoms with Gasteiger partial charge in [0.1, 0.15) is 6.10 Å². The van der Waals surface area contributed by atoms with Crippen LogP contribution in [-0.2, 0) is 9.53 Å². The molecule has 1 aliphatic carbocycles. The Bertz CT molecular complexity index is 980. The van der Waals surface area contributed by atoms with Crippen LogP contribution in [0.25, 0.3) is 0 Å². The lowest BCUT2D eigenvalue weighted by Crippen LogP contribution is -2.37. The SMILES string of the molecule is COCC1CCC(C(=O)N2CC(c3ccc(Cl)c(Cl)c3)C(C(C)Oc3ccc(Cl)cn3)C2)CC1. The maximum absolute atomic E-state index is 13.5. The van der Waals surface area contributed by atoms with Crippen LogP contribution < -0.4 is 4.74 Å². The van der Waals surface area contributed by atoms with Crippen LogP contribution in [0.5, 0.6) is 5.88 Å². The highest BCUT2D eigenvalue weighted by atomic mass is 35.5. The monoisotopic (exact) mass is 524 g/mol. The molecule has 5 nitrogen and oxygen atoms in total. The standard InChI is InChI=1S/C26H31Cl3N2O3/c1-16(34-25-10-8-20(27)12-30-25)21-13-31(14-22(21)19-7-9-23(28)24(29)11-19)26(32)18-5-3-17(4-6-18)15-33-2/h7-12,16-18,21-22H,3-6,13-15H2,1-2H3. The molecular weight excluding hydrogens is 495 g/mol. The first-order valence-electron chi connectivity index (χ1n) is 11.9. The molecule has 2 fully saturated rings. The maximum atomic E-state index is 13.5. The summed E-state index contributed by atoms with van der Waals surface area (Å²) in [6.45, 7) is 4.09. The number of halogens is 3. The van der Waals surface area contributed by atoms with Crippen molar-refractivity contribution in [1.82, 2.24) is 9.88 Å². The third kappa shape index (κ3) is 5.99. The second-order valence-corrected chi connectivity index (χ2v) is 10.7. The number of aromatic nitrogens is 1. The molecule has 184 valence electrons. The van der Waals surface area contributed by atoms with Crippen LogP contribution in [0.15, 0.2) is 36.5 Å². The summed E-state index contributed by atoms with van der Waals surface area (Å²) in [6.07, 6.45) is 5.34. The highest BCUT2D eigenvalue weighted by molar-refractivity contribution is 6.42. The molecule has 2 aromatic rings. The molecule has 1 aromatic carbocycles. The number of benzene rings is 1. The normalized spacial score (nSPS) is 25.9. The number of ether oxygens (including phenoxy) is 2. The van der Waals surface area contributed by atoms with Crippen LogP contribution in [-0.4, -0.2) is 48.7 Å². The Labute approximate surface area is 216 Å². The van der Waals surface area contributed by atoms with Gasteiger partial charge in [-0.2, -0.15) is 0 Å². The smallest absolute Gasteiger partial charge is 0.225 e. The molecule has 2 heterocycles. The molecule has 1 saturated heterocycles. The lowest BCUT2D eigenvalue weighted by Gasteiger charge is -2.30. The summed E-state index contributed by atoms with van der Waals surface area (Å²) in [6, 6.07) is 9.27. The molecule has 34 heavy (non-hydrogen) atoms. The third-order valence-corrected chi connectivity index (χ3v) is 8.22. The number of hydrogen-bond donors (Lipinski definition) is 0. The number of pyridine rings is 1. The average molecular weight is 526 g/mol. The van der Waals surface area contributed by atoms with Crippen LogP contribution in [0.1, 0.15) is 44.1 Å². The van der Waals surface area contributed by atoms with Crippen LogP contribution in [0.2, 0.25) is 15.1 Å². The Kier molecular flexibility index (Phi) is 8.62. The van der Waals surface area contributed by atoms with Gasteiger partial charge in [0.15, 0.2) is 0 Å². The van der Waals surface area contributed by atoms with E-state index in [0.29, 0.717) is 40.0 Å². The zero-order valence-electron chi connectivity index (χ0n) is 19.6. The van der Waals surface area contributed by atoms with Crippen LogP contribution in [0.3, 0.4) is 0 Å². The zero-order chi connectivity index (χ0) is 24.2. The average Bonchev–Trinajstić information content (AvgIpc) is 3.28. The van der Waals surface area contributed by atoms with Gasteiger partial charge in [-0.05, 0) is 62.3 Å². The molecule has 1 saturated carbocycles. The molecule has 4 rings (SSSR count). The van der Waals surface area contributed by atoms with Crippen molar-refractivity contribution in [2.75, 3.05) is 26.8 Å². The number of rotatable bonds is 7. The van der Waals surface area contributed by atoms with Crippen LogP contribution in [0, 0.1) is 17.8 Å². The highest BCUT2D eigenvalue weighted by Gasteiger charge is 2.42. The molecule has 2 aliphatic rings. The van der Waals surface area contributed by atoms with Gasteiger partial charge in [0, 0.05) is 56.8 Å². The summed E-state index contributed by atoms with van der Waals surface area (Å²) in [7, 11) is 1.74. The van der Waals surface area contributed by atoms with E-state index in [1.807, 2.05) is 30.0 Å². The molecule has 0 N–H and O–H groups in total. The van der Waals surface area contributed by atoms with E-state index in [0.717, 1.165) is 37.9 Å². The first-order chi connectivity index (χ1) is 16.4. The predicted octanol–water partition coefficient (Wildman–Crippen LogP) is 6.50. The topological polar surface area (TPSA) is 51.7 Å². The van der Waals surface area contributed by atoms with Gasteiger partial charge in [0.25, 0.3) is 0 Å². The van der Waals surface area contributed by atoms with Crippen molar-refractivity contribution in [3.05, 3.63) is 57.2 Å². The Morgan fingerprint density at radius 3 is 2.50 bits per heavy atom. The van der Waals surface area contributed by atoms with Crippen LogP contribution >= 0.6 is 34.8 Å². The summed E-state index contributed by atoms with van der Waals surface area (Å²) >= 11 is 18.5. The van der Waals surface area contributed by atoms with E-state index in [1.165, 1.54) is 0 Å². The van der Waals surface area contributed by atoms with Crippen molar-refractivity contribution in [3.8, 4) is 5.88 Å². The van der Waals surface area contributed by atoms with E-state index in [1.54, 1.807) is 25.4 Å². The number of methoxy groups -OCH3 is 1. The summed E-state index contributed by atoms with van der Waals surface area (Å²) in [5, 5.41) is 1.61. The van der Waals surface area contributed by atoms with E-state index in [4.69, 9.17) is 44.3 Å². The van der Waals surface area contributed by atoms with E-state index < -0.39 is 0 Å². The number of carbonyl (C=O) groups is 1. The van der Waals surface area contributed by atoms with Crippen LogP contribution in [0.4, 0.5) is 0 Å². The minimum atomic E-state index is -0.164. The Hall–Kier alpha value is -1.53. The molecular formula is C26H31Cl3N2O3. The van der Waals surface area contributed by atoms with Gasteiger partial charge in [0.05, 0.1) is 15.1 Å². The van der Waals surface area contributed by atoms with E-state index >= 15 is 0 Å². The molecule has 0 radical (unpaired) electrons. The van der Waals surface area contributed by atoms with E-state index in [-0.39, 0.29) is 29.8 Å². The lowest BCUT2D eigenvalue weighted by atomic mass is 9.81. The predicted molar refractivity (Wildman–Crippen MR) is 136 cm³/mol. The van der Waals surface area contributed by atoms with Gasteiger partial charge < -0.3 is 14.4 Å². The molecule has 1 aliphatic heterocycles. The first kappa shape index (κ1) is 25.6. The fourth-order valence-electron chi connectivity index (χ4n) is 5.36. The number of hydrogen-bond acceptors (Lipinski definition) is 4. The van der Waals surface area contributed by atoms with Crippen molar-refractivity contribution in [3.63, 3.8) is 0 Å². The summed E-state index contributed by atoms with van der Waals surface area (Å²) in [5.74, 6) is 1.58. The number of likely N-dealkylation sites (tertiary alicyclic amines) is 1. The number of carbonyl (C=O) groups excluding carboxylic acids is 1. The summed E-state index contributed by atoms with van der Waals surface area (Å²) in [5.41, 5.74) is 1.07. The Morgan fingerprint density at radius 2 is 1.85 bits per heavy atom. The van der Waals surface area contributed by atoms with Crippen molar-refractivity contribution < 1.29 is 14.3 Å². The lowest BCUT2D eigenvalue weighted by molar-refractivity contribution is -0.136. The molecule has 0 spiro atoms. The van der Waals surface area contributed by atoms with Gasteiger partial charge in [-0.1, -0.05) is 40.9 Å². The van der Waals surface area contributed by atoms with Crippen molar-refractivity contribution in [2.45, 2.75) is 44.6 Å².